The molecule has 0 radical (unpaired) electrons. The van der Waals surface area contributed by atoms with Crippen LogP contribution in [0.1, 0.15) is 24.1 Å². The fourth-order valence-corrected chi connectivity index (χ4v) is 3.54. The van der Waals surface area contributed by atoms with Gasteiger partial charge in [0.15, 0.2) is 34.9 Å². The summed E-state index contributed by atoms with van der Waals surface area (Å²) >= 11 is 0. The SMILES string of the molecule is COc1ccc(C(C)c2c3cc(OC)c(OC)cc3cc[n+]2C)cc1OC. The number of hydrogen-bond donors (Lipinski definition) is 0. The summed E-state index contributed by atoms with van der Waals surface area (Å²) in [4.78, 5) is 0. The number of rotatable bonds is 6. The summed E-state index contributed by atoms with van der Waals surface area (Å²) in [6.45, 7) is 2.19. The monoisotopic (exact) mass is 368 g/mol. The van der Waals surface area contributed by atoms with Crippen LogP contribution in [0.25, 0.3) is 10.8 Å². The number of benzene rings is 2. The van der Waals surface area contributed by atoms with Crippen LogP contribution in [0.2, 0.25) is 0 Å². The molecule has 5 nitrogen and oxygen atoms in total. The number of pyridine rings is 1. The first-order valence-electron chi connectivity index (χ1n) is 8.80. The van der Waals surface area contributed by atoms with Crippen molar-refractivity contribution >= 4 is 10.8 Å². The van der Waals surface area contributed by atoms with E-state index in [1.807, 2.05) is 24.3 Å². The molecule has 5 heteroatoms. The molecule has 0 spiro atoms. The highest BCUT2D eigenvalue weighted by atomic mass is 16.5. The minimum absolute atomic E-state index is 0.136. The highest BCUT2D eigenvalue weighted by Crippen LogP contribution is 2.37. The van der Waals surface area contributed by atoms with E-state index in [2.05, 4.69) is 36.9 Å². The van der Waals surface area contributed by atoms with Gasteiger partial charge in [0.05, 0.1) is 39.7 Å². The van der Waals surface area contributed by atoms with Crippen LogP contribution in [0, 0.1) is 0 Å². The van der Waals surface area contributed by atoms with E-state index in [0.717, 1.165) is 39.3 Å². The van der Waals surface area contributed by atoms with Crippen LogP contribution in [0.3, 0.4) is 0 Å². The van der Waals surface area contributed by atoms with Crippen LogP contribution in [-0.2, 0) is 7.05 Å². The van der Waals surface area contributed by atoms with Crippen molar-refractivity contribution in [1.29, 1.82) is 0 Å². The summed E-state index contributed by atoms with van der Waals surface area (Å²) < 4.78 is 24.0. The summed E-state index contributed by atoms with van der Waals surface area (Å²) in [5.41, 5.74) is 2.33. The molecule has 0 saturated heterocycles. The first-order valence-corrected chi connectivity index (χ1v) is 8.80. The highest BCUT2D eigenvalue weighted by molar-refractivity contribution is 5.87. The highest BCUT2D eigenvalue weighted by Gasteiger charge is 2.24. The fourth-order valence-electron chi connectivity index (χ4n) is 3.54. The third-order valence-electron chi connectivity index (χ3n) is 5.01. The van der Waals surface area contributed by atoms with E-state index in [9.17, 15) is 0 Å². The molecule has 0 amide bonds. The zero-order chi connectivity index (χ0) is 19.6. The van der Waals surface area contributed by atoms with E-state index < -0.39 is 0 Å². The maximum Gasteiger partial charge on any atom is 0.196 e. The van der Waals surface area contributed by atoms with Gasteiger partial charge in [-0.25, -0.2) is 4.57 Å². The van der Waals surface area contributed by atoms with E-state index in [1.54, 1.807) is 28.4 Å². The maximum absolute atomic E-state index is 5.52. The Morgan fingerprint density at radius 1 is 0.741 bits per heavy atom. The largest absolute Gasteiger partial charge is 0.493 e. The number of aromatic nitrogens is 1. The minimum Gasteiger partial charge on any atom is -0.493 e. The number of nitrogens with zero attached hydrogens (tertiary/aromatic N) is 1. The van der Waals surface area contributed by atoms with Crippen molar-refractivity contribution in [1.82, 2.24) is 0 Å². The van der Waals surface area contributed by atoms with Crippen molar-refractivity contribution in [2.75, 3.05) is 28.4 Å². The van der Waals surface area contributed by atoms with Gasteiger partial charge in [-0.3, -0.25) is 0 Å². The Morgan fingerprint density at radius 3 is 1.96 bits per heavy atom. The van der Waals surface area contributed by atoms with Crippen molar-refractivity contribution in [3.63, 3.8) is 0 Å². The smallest absolute Gasteiger partial charge is 0.196 e. The van der Waals surface area contributed by atoms with Gasteiger partial charge in [-0.05, 0) is 42.1 Å². The Balaban J connectivity index is 2.19. The number of hydrogen-bond acceptors (Lipinski definition) is 4. The van der Waals surface area contributed by atoms with E-state index in [4.69, 9.17) is 18.9 Å². The van der Waals surface area contributed by atoms with Gasteiger partial charge < -0.3 is 18.9 Å². The molecule has 1 unspecified atom stereocenters. The minimum atomic E-state index is 0.136. The molecule has 1 atom stereocenters. The second-order valence-electron chi connectivity index (χ2n) is 6.44. The maximum atomic E-state index is 5.52. The Hall–Kier alpha value is -2.95. The van der Waals surface area contributed by atoms with Crippen molar-refractivity contribution < 1.29 is 23.5 Å². The van der Waals surface area contributed by atoms with E-state index in [1.165, 1.54) is 5.69 Å². The third kappa shape index (κ3) is 3.37. The molecule has 27 heavy (non-hydrogen) atoms. The number of methoxy groups -OCH3 is 4. The van der Waals surface area contributed by atoms with E-state index in [0.29, 0.717) is 0 Å². The lowest BCUT2D eigenvalue weighted by Gasteiger charge is -2.16. The first-order chi connectivity index (χ1) is 13.0. The van der Waals surface area contributed by atoms with E-state index in [-0.39, 0.29) is 5.92 Å². The van der Waals surface area contributed by atoms with Gasteiger partial charge in [-0.15, -0.1) is 0 Å². The molecule has 1 heterocycles. The standard InChI is InChI=1S/C22H26NO4/c1-14(15-7-8-18(24-3)19(11-15)25-4)22-17-13-21(27-6)20(26-5)12-16(17)9-10-23(22)2/h7-14H,1-6H3/q+1. The number of aryl methyl sites for hydroxylation is 1. The predicted molar refractivity (Wildman–Crippen MR) is 105 cm³/mol. The quantitative estimate of drug-likeness (QED) is 0.620. The van der Waals surface area contributed by atoms with Crippen LogP contribution in [-0.4, -0.2) is 28.4 Å². The van der Waals surface area contributed by atoms with Crippen molar-refractivity contribution in [2.45, 2.75) is 12.8 Å². The molecule has 0 N–H and O–H groups in total. The molecule has 0 saturated carbocycles. The first kappa shape index (κ1) is 18.8. The summed E-state index contributed by atoms with van der Waals surface area (Å²) in [6.07, 6.45) is 2.07. The van der Waals surface area contributed by atoms with Crippen molar-refractivity contribution in [3.8, 4) is 23.0 Å². The predicted octanol–water partition coefficient (Wildman–Crippen LogP) is 3.85. The Labute approximate surface area is 160 Å². The molecule has 0 aliphatic heterocycles. The van der Waals surface area contributed by atoms with Gasteiger partial charge in [-0.1, -0.05) is 6.07 Å². The number of fused-ring (bicyclic) bond motifs is 1. The zero-order valence-electron chi connectivity index (χ0n) is 16.7. The van der Waals surface area contributed by atoms with Gasteiger partial charge in [0.25, 0.3) is 0 Å². The van der Waals surface area contributed by atoms with Crippen LogP contribution in [0.4, 0.5) is 0 Å². The summed E-state index contributed by atoms with van der Waals surface area (Å²) in [5, 5.41) is 2.23. The van der Waals surface area contributed by atoms with Gasteiger partial charge in [-0.2, -0.15) is 0 Å². The summed E-state index contributed by atoms with van der Waals surface area (Å²) in [6, 6.07) is 12.2. The lowest BCUT2D eigenvalue weighted by molar-refractivity contribution is -0.678. The normalized spacial score (nSPS) is 11.9. The average molecular weight is 368 g/mol. The molecule has 0 fully saturated rings. The molecule has 0 bridgehead atoms. The molecule has 3 aromatic rings. The average Bonchev–Trinajstić information content (AvgIpc) is 2.71. The molecular formula is C22H26NO4+. The molecule has 142 valence electrons. The van der Waals surface area contributed by atoms with Crippen LogP contribution < -0.4 is 23.5 Å². The fraction of sp³-hybridized carbons (Fsp3) is 0.318. The van der Waals surface area contributed by atoms with Crippen LogP contribution in [0.5, 0.6) is 23.0 Å². The molecule has 2 aromatic carbocycles. The van der Waals surface area contributed by atoms with Crippen LogP contribution >= 0.6 is 0 Å². The summed E-state index contributed by atoms with van der Waals surface area (Å²) in [7, 11) is 8.67. The Bertz CT molecular complexity index is 968. The van der Waals surface area contributed by atoms with E-state index >= 15 is 0 Å². The Morgan fingerprint density at radius 2 is 1.33 bits per heavy atom. The second-order valence-corrected chi connectivity index (χ2v) is 6.44. The molecule has 0 aliphatic carbocycles. The zero-order valence-corrected chi connectivity index (χ0v) is 16.7. The van der Waals surface area contributed by atoms with Crippen molar-refractivity contribution in [2.24, 2.45) is 7.05 Å². The lowest BCUT2D eigenvalue weighted by Crippen LogP contribution is -2.34. The topological polar surface area (TPSA) is 40.8 Å². The molecule has 1 aromatic heterocycles. The van der Waals surface area contributed by atoms with Crippen LogP contribution in [0.15, 0.2) is 42.6 Å². The molecular weight excluding hydrogens is 342 g/mol. The van der Waals surface area contributed by atoms with Gasteiger partial charge in [0, 0.05) is 6.07 Å². The lowest BCUT2D eigenvalue weighted by atomic mass is 9.92. The Kier molecular flexibility index (Phi) is 5.40. The second kappa shape index (κ2) is 7.74. The number of ether oxygens (including phenoxy) is 4. The van der Waals surface area contributed by atoms with Gasteiger partial charge in [0.2, 0.25) is 0 Å². The summed E-state index contributed by atoms with van der Waals surface area (Å²) in [5.74, 6) is 3.03. The van der Waals surface area contributed by atoms with Gasteiger partial charge >= 0.3 is 0 Å². The molecule has 3 rings (SSSR count). The third-order valence-corrected chi connectivity index (χ3v) is 5.01. The molecule has 0 aliphatic rings. The van der Waals surface area contributed by atoms with Crippen molar-refractivity contribution in [3.05, 3.63) is 53.9 Å². The van der Waals surface area contributed by atoms with Gasteiger partial charge in [0.1, 0.15) is 7.05 Å².